The van der Waals surface area contributed by atoms with E-state index in [-0.39, 0.29) is 6.42 Å². The van der Waals surface area contributed by atoms with Gasteiger partial charge >= 0.3 is 6.18 Å². The van der Waals surface area contributed by atoms with Gasteiger partial charge in [0.25, 0.3) is 0 Å². The third-order valence-electron chi connectivity index (χ3n) is 3.96. The van der Waals surface area contributed by atoms with E-state index in [1.165, 1.54) is 18.5 Å². The molecule has 1 unspecified atom stereocenters. The Balaban J connectivity index is 1.88. The minimum absolute atomic E-state index is 0.164. The minimum Gasteiger partial charge on any atom is -0.428 e. The lowest BCUT2D eigenvalue weighted by Crippen LogP contribution is -2.05. The lowest BCUT2D eigenvalue weighted by atomic mass is 9.95. The molecule has 0 bridgehead atoms. The van der Waals surface area contributed by atoms with E-state index in [1.54, 1.807) is 12.1 Å². The lowest BCUT2D eigenvalue weighted by molar-refractivity contribution is -0.137. The van der Waals surface area contributed by atoms with Crippen LogP contribution in [0.15, 0.2) is 53.3 Å². The van der Waals surface area contributed by atoms with E-state index in [2.05, 4.69) is 10.2 Å². The zero-order chi connectivity index (χ0) is 18.0. The molecule has 1 atom stereocenters. The number of aliphatic hydroxyl groups is 1. The number of benzene rings is 2. The van der Waals surface area contributed by atoms with Crippen LogP contribution in [0.4, 0.5) is 13.2 Å². The maximum Gasteiger partial charge on any atom is 0.416 e. The van der Waals surface area contributed by atoms with E-state index >= 15 is 0 Å². The van der Waals surface area contributed by atoms with Crippen molar-refractivity contribution in [2.75, 3.05) is 0 Å². The highest BCUT2D eigenvalue weighted by Crippen LogP contribution is 2.32. The first-order valence-electron chi connectivity index (χ1n) is 7.56. The van der Waals surface area contributed by atoms with Gasteiger partial charge in [0.05, 0.1) is 18.1 Å². The highest BCUT2D eigenvalue weighted by Gasteiger charge is 2.30. The number of hydrogen-bond donors (Lipinski definition) is 1. The largest absolute Gasteiger partial charge is 0.428 e. The molecule has 0 fully saturated rings. The first kappa shape index (κ1) is 17.2. The van der Waals surface area contributed by atoms with Crippen LogP contribution in [0.3, 0.4) is 0 Å². The van der Waals surface area contributed by atoms with Crippen molar-refractivity contribution in [3.63, 3.8) is 0 Å². The van der Waals surface area contributed by atoms with E-state index in [0.29, 0.717) is 17.0 Å². The van der Waals surface area contributed by atoms with Crippen LogP contribution in [0.25, 0.3) is 11.1 Å². The molecular weight excluding hydrogens is 333 g/mol. The number of rotatable bonds is 4. The SMILES string of the molecule is Cc1ccc(-c2ccc(C(F)(F)F)cc2)cc1C(O)Cc1nnco1. The second kappa shape index (κ2) is 6.68. The summed E-state index contributed by atoms with van der Waals surface area (Å²) in [4.78, 5) is 0. The second-order valence-electron chi connectivity index (χ2n) is 5.70. The van der Waals surface area contributed by atoms with Crippen molar-refractivity contribution in [3.05, 3.63) is 71.4 Å². The van der Waals surface area contributed by atoms with E-state index in [1.807, 2.05) is 13.0 Å². The fraction of sp³-hybridized carbons (Fsp3) is 0.222. The summed E-state index contributed by atoms with van der Waals surface area (Å²) in [7, 11) is 0. The summed E-state index contributed by atoms with van der Waals surface area (Å²) in [5.74, 6) is 0.312. The number of nitrogens with zero attached hydrogens (tertiary/aromatic N) is 2. The Hall–Kier alpha value is -2.67. The van der Waals surface area contributed by atoms with Crippen LogP contribution in [-0.2, 0) is 12.6 Å². The molecule has 25 heavy (non-hydrogen) atoms. The van der Waals surface area contributed by atoms with Crippen LogP contribution in [0.1, 0.15) is 28.7 Å². The molecule has 3 aromatic rings. The average Bonchev–Trinajstić information content (AvgIpc) is 3.07. The fourth-order valence-electron chi connectivity index (χ4n) is 2.59. The highest BCUT2D eigenvalue weighted by molar-refractivity contribution is 5.65. The molecule has 0 amide bonds. The molecule has 1 heterocycles. The molecular formula is C18H15F3N2O2. The Morgan fingerprint density at radius 2 is 1.76 bits per heavy atom. The van der Waals surface area contributed by atoms with Crippen molar-refractivity contribution >= 4 is 0 Å². The van der Waals surface area contributed by atoms with Crippen LogP contribution in [0, 0.1) is 6.92 Å². The van der Waals surface area contributed by atoms with Crippen LogP contribution >= 0.6 is 0 Å². The van der Waals surface area contributed by atoms with E-state index in [0.717, 1.165) is 23.3 Å². The predicted octanol–water partition coefficient (Wildman–Crippen LogP) is 4.34. The van der Waals surface area contributed by atoms with Gasteiger partial charge in [-0.05, 0) is 47.4 Å². The van der Waals surface area contributed by atoms with Gasteiger partial charge in [-0.15, -0.1) is 10.2 Å². The van der Waals surface area contributed by atoms with E-state index < -0.39 is 17.8 Å². The third-order valence-corrected chi connectivity index (χ3v) is 3.96. The van der Waals surface area contributed by atoms with Crippen molar-refractivity contribution < 1.29 is 22.7 Å². The number of alkyl halides is 3. The monoisotopic (exact) mass is 348 g/mol. The Morgan fingerprint density at radius 3 is 2.36 bits per heavy atom. The van der Waals surface area contributed by atoms with Gasteiger partial charge in [-0.25, -0.2) is 0 Å². The van der Waals surface area contributed by atoms with Gasteiger partial charge in [-0.3, -0.25) is 0 Å². The van der Waals surface area contributed by atoms with Gasteiger partial charge in [0.2, 0.25) is 12.3 Å². The number of aryl methyl sites for hydroxylation is 1. The Kier molecular flexibility index (Phi) is 4.59. The summed E-state index contributed by atoms with van der Waals surface area (Å²) in [6.45, 7) is 1.85. The maximum atomic E-state index is 12.7. The van der Waals surface area contributed by atoms with Gasteiger partial charge < -0.3 is 9.52 Å². The van der Waals surface area contributed by atoms with Crippen LogP contribution < -0.4 is 0 Å². The number of aromatic nitrogens is 2. The Labute approximate surface area is 141 Å². The maximum absolute atomic E-state index is 12.7. The van der Waals surface area contributed by atoms with Crippen LogP contribution in [0.2, 0.25) is 0 Å². The van der Waals surface area contributed by atoms with E-state index in [9.17, 15) is 18.3 Å². The quantitative estimate of drug-likeness (QED) is 0.762. The van der Waals surface area contributed by atoms with Crippen molar-refractivity contribution in [3.8, 4) is 11.1 Å². The van der Waals surface area contributed by atoms with Crippen molar-refractivity contribution in [2.24, 2.45) is 0 Å². The number of halogens is 3. The summed E-state index contributed by atoms with van der Waals surface area (Å²) < 4.78 is 43.1. The van der Waals surface area contributed by atoms with Gasteiger partial charge in [0, 0.05) is 0 Å². The molecule has 3 rings (SSSR count). The van der Waals surface area contributed by atoms with Crippen molar-refractivity contribution in [2.45, 2.75) is 25.6 Å². The molecule has 1 N–H and O–H groups in total. The Morgan fingerprint density at radius 1 is 1.08 bits per heavy atom. The standard InChI is InChI=1S/C18H15F3N2O2/c1-11-2-3-13(12-4-6-14(7-5-12)18(19,20)21)8-15(11)16(24)9-17-23-22-10-25-17/h2-8,10,16,24H,9H2,1H3. The number of aliphatic hydroxyl groups excluding tert-OH is 1. The van der Waals surface area contributed by atoms with E-state index in [4.69, 9.17) is 4.42 Å². The average molecular weight is 348 g/mol. The van der Waals surface area contributed by atoms with Crippen molar-refractivity contribution in [1.82, 2.24) is 10.2 Å². The summed E-state index contributed by atoms with van der Waals surface area (Å²) in [5, 5.41) is 17.7. The topological polar surface area (TPSA) is 59.2 Å². The summed E-state index contributed by atoms with van der Waals surface area (Å²) in [6.07, 6.45) is -3.86. The highest BCUT2D eigenvalue weighted by atomic mass is 19.4. The first-order chi connectivity index (χ1) is 11.8. The summed E-state index contributed by atoms with van der Waals surface area (Å²) in [6, 6.07) is 10.3. The molecule has 0 saturated carbocycles. The summed E-state index contributed by atoms with van der Waals surface area (Å²) in [5.41, 5.74) is 2.19. The molecule has 1 aromatic heterocycles. The molecule has 0 aliphatic rings. The van der Waals surface area contributed by atoms with Gasteiger partial charge in [0.1, 0.15) is 0 Å². The van der Waals surface area contributed by atoms with Gasteiger partial charge in [-0.2, -0.15) is 13.2 Å². The third kappa shape index (κ3) is 3.88. The molecule has 0 spiro atoms. The molecule has 0 aliphatic carbocycles. The molecule has 0 saturated heterocycles. The van der Waals surface area contributed by atoms with Crippen LogP contribution in [0.5, 0.6) is 0 Å². The molecule has 130 valence electrons. The molecule has 2 aromatic carbocycles. The zero-order valence-corrected chi connectivity index (χ0v) is 13.3. The molecule has 0 aliphatic heterocycles. The number of hydrogen-bond acceptors (Lipinski definition) is 4. The molecule has 0 radical (unpaired) electrons. The van der Waals surface area contributed by atoms with Crippen LogP contribution in [-0.4, -0.2) is 15.3 Å². The minimum atomic E-state index is -4.36. The Bertz CT molecular complexity index is 844. The summed E-state index contributed by atoms with van der Waals surface area (Å²) >= 11 is 0. The zero-order valence-electron chi connectivity index (χ0n) is 13.3. The van der Waals surface area contributed by atoms with Gasteiger partial charge in [0.15, 0.2) is 0 Å². The normalized spacial score (nSPS) is 13.0. The van der Waals surface area contributed by atoms with Gasteiger partial charge in [-0.1, -0.05) is 24.3 Å². The predicted molar refractivity (Wildman–Crippen MR) is 84.6 cm³/mol. The molecule has 4 nitrogen and oxygen atoms in total. The molecule has 7 heteroatoms. The lowest BCUT2D eigenvalue weighted by Gasteiger charge is -2.14. The fourth-order valence-corrected chi connectivity index (χ4v) is 2.59. The first-order valence-corrected chi connectivity index (χ1v) is 7.56. The van der Waals surface area contributed by atoms with Crippen molar-refractivity contribution in [1.29, 1.82) is 0 Å². The smallest absolute Gasteiger partial charge is 0.416 e. The second-order valence-corrected chi connectivity index (χ2v) is 5.70.